The molecule has 0 aliphatic heterocycles. The predicted molar refractivity (Wildman–Crippen MR) is 59.8 cm³/mol. The smallest absolute Gasteiger partial charge is 0.421 e. The van der Waals surface area contributed by atoms with Crippen LogP contribution >= 0.6 is 27.5 Å². The molecular weight excluding hydrogens is 291 g/mol. The van der Waals surface area contributed by atoms with Crippen LogP contribution in [0, 0.1) is 6.92 Å². The van der Waals surface area contributed by atoms with Crippen molar-refractivity contribution in [3.05, 3.63) is 23.0 Å². The van der Waals surface area contributed by atoms with Crippen LogP contribution in [-0.4, -0.2) is 10.0 Å². The van der Waals surface area contributed by atoms with Gasteiger partial charge in [0, 0.05) is 21.6 Å². The molecule has 0 bridgehead atoms. The topological polar surface area (TPSA) is 22.1 Å². The van der Waals surface area contributed by atoms with Gasteiger partial charge in [-0.1, -0.05) is 25.4 Å². The molecule has 15 heavy (non-hydrogen) atoms. The van der Waals surface area contributed by atoms with Crippen LogP contribution in [0.25, 0.3) is 0 Å². The third kappa shape index (κ3) is 5.89. The maximum Gasteiger partial charge on any atom is 0.459 e. The third-order valence-electron chi connectivity index (χ3n) is 1.18. The monoisotopic (exact) mass is 301 g/mol. The highest BCUT2D eigenvalue weighted by molar-refractivity contribution is 9.09. The Morgan fingerprint density at radius 2 is 1.93 bits per heavy atom. The van der Waals surface area contributed by atoms with Crippen LogP contribution in [0.15, 0.2) is 12.1 Å². The van der Waals surface area contributed by atoms with Crippen molar-refractivity contribution in [1.82, 2.24) is 4.98 Å². The number of nitrogens with zero attached hydrogens (tertiary/aromatic N) is 1. The number of aromatic nitrogens is 1. The molecule has 0 aliphatic carbocycles. The van der Waals surface area contributed by atoms with E-state index in [9.17, 15) is 8.78 Å². The first kappa shape index (κ1) is 14.6. The van der Waals surface area contributed by atoms with Gasteiger partial charge in [0.1, 0.15) is 0 Å². The summed E-state index contributed by atoms with van der Waals surface area (Å²) in [6.45, 7) is 5.70. The zero-order chi connectivity index (χ0) is 12.1. The normalized spacial score (nSPS) is 10.3. The molecule has 0 amide bonds. The van der Waals surface area contributed by atoms with Gasteiger partial charge in [0.15, 0.2) is 10.9 Å². The Labute approximate surface area is 101 Å². The van der Waals surface area contributed by atoms with Gasteiger partial charge in [-0.05, 0) is 19.1 Å². The van der Waals surface area contributed by atoms with E-state index >= 15 is 0 Å². The molecule has 6 heteroatoms. The standard InChI is InChI=1S/C7H5BrClF2NO.C2H6/c1-4-2-3-5(6(9)12-4)13-7(8,10)11;1-2/h2-3H,1H3;1-2H3. The number of hydrogen-bond donors (Lipinski definition) is 0. The summed E-state index contributed by atoms with van der Waals surface area (Å²) in [6, 6.07) is 2.86. The number of alkyl halides is 3. The Kier molecular flexibility index (Phi) is 6.05. The molecule has 0 atom stereocenters. The van der Waals surface area contributed by atoms with Gasteiger partial charge in [0.25, 0.3) is 0 Å². The zero-order valence-corrected chi connectivity index (χ0v) is 10.9. The summed E-state index contributed by atoms with van der Waals surface area (Å²) in [5.74, 6) is -0.158. The lowest BCUT2D eigenvalue weighted by Crippen LogP contribution is -2.15. The van der Waals surface area contributed by atoms with Crippen LogP contribution in [0.4, 0.5) is 8.78 Å². The maximum absolute atomic E-state index is 12.3. The van der Waals surface area contributed by atoms with Crippen molar-refractivity contribution in [3.63, 3.8) is 0 Å². The zero-order valence-electron chi connectivity index (χ0n) is 8.52. The largest absolute Gasteiger partial charge is 0.459 e. The van der Waals surface area contributed by atoms with Gasteiger partial charge in [-0.25, -0.2) is 4.98 Å². The maximum atomic E-state index is 12.3. The molecule has 0 N–H and O–H groups in total. The number of hydrogen-bond acceptors (Lipinski definition) is 2. The Hall–Kier alpha value is -0.420. The second kappa shape index (κ2) is 6.23. The Balaban J connectivity index is 0.000000921. The summed E-state index contributed by atoms with van der Waals surface area (Å²) in [4.78, 5) is 3.74. The molecule has 0 aliphatic rings. The summed E-state index contributed by atoms with van der Waals surface area (Å²) in [6.07, 6.45) is 0. The van der Waals surface area contributed by atoms with Crippen LogP contribution < -0.4 is 4.74 Å². The molecule has 1 heterocycles. The molecule has 1 aromatic heterocycles. The van der Waals surface area contributed by atoms with Gasteiger partial charge in [-0.2, -0.15) is 8.78 Å². The van der Waals surface area contributed by atoms with Crippen LogP contribution in [0.5, 0.6) is 5.75 Å². The van der Waals surface area contributed by atoms with Gasteiger partial charge >= 0.3 is 5.02 Å². The molecule has 0 aromatic carbocycles. The molecule has 1 rings (SSSR count). The van der Waals surface area contributed by atoms with Gasteiger partial charge in [0.2, 0.25) is 0 Å². The Morgan fingerprint density at radius 1 is 1.40 bits per heavy atom. The van der Waals surface area contributed by atoms with E-state index in [1.165, 1.54) is 12.1 Å². The Bertz CT molecular complexity index is 317. The minimum absolute atomic E-state index is 0.0841. The third-order valence-corrected chi connectivity index (χ3v) is 1.61. The van der Waals surface area contributed by atoms with E-state index in [-0.39, 0.29) is 10.9 Å². The summed E-state index contributed by atoms with van der Waals surface area (Å²) in [5.41, 5.74) is 0.634. The van der Waals surface area contributed by atoms with Crippen molar-refractivity contribution in [2.75, 3.05) is 0 Å². The summed E-state index contributed by atoms with van der Waals surface area (Å²) < 4.78 is 28.8. The van der Waals surface area contributed by atoms with Crippen molar-refractivity contribution < 1.29 is 13.5 Å². The molecule has 2 nitrogen and oxygen atoms in total. The fourth-order valence-corrected chi connectivity index (χ4v) is 1.12. The molecule has 1 aromatic rings. The first-order valence-corrected chi connectivity index (χ1v) is 5.44. The SMILES string of the molecule is CC.Cc1ccc(OC(F)(F)Br)c(Cl)n1. The second-order valence-electron chi connectivity index (χ2n) is 2.29. The van der Waals surface area contributed by atoms with Gasteiger partial charge in [-0.15, -0.1) is 0 Å². The molecule has 0 unspecified atom stereocenters. The predicted octanol–water partition coefficient (Wildman–Crippen LogP) is 4.39. The molecule has 0 saturated carbocycles. The number of ether oxygens (including phenoxy) is 1. The van der Waals surface area contributed by atoms with E-state index < -0.39 is 5.02 Å². The Morgan fingerprint density at radius 3 is 2.33 bits per heavy atom. The van der Waals surface area contributed by atoms with Gasteiger partial charge in [0.05, 0.1) is 0 Å². The fourth-order valence-electron chi connectivity index (χ4n) is 0.713. The average Bonchev–Trinajstić information content (AvgIpc) is 2.12. The quantitative estimate of drug-likeness (QED) is 0.597. The lowest BCUT2D eigenvalue weighted by molar-refractivity contribution is -0.0804. The van der Waals surface area contributed by atoms with E-state index in [2.05, 4.69) is 9.72 Å². The average molecular weight is 303 g/mol. The molecule has 0 fully saturated rings. The summed E-state index contributed by atoms with van der Waals surface area (Å²) >= 11 is 7.57. The molecule has 0 saturated heterocycles. The van der Waals surface area contributed by atoms with Crippen LogP contribution in [0.3, 0.4) is 0 Å². The van der Waals surface area contributed by atoms with E-state index in [4.69, 9.17) is 11.6 Å². The van der Waals surface area contributed by atoms with Crippen molar-refractivity contribution in [3.8, 4) is 5.75 Å². The number of halogens is 4. The minimum Gasteiger partial charge on any atom is -0.421 e. The lowest BCUT2D eigenvalue weighted by atomic mass is 10.4. The second-order valence-corrected chi connectivity index (χ2v) is 3.57. The van der Waals surface area contributed by atoms with Crippen molar-refractivity contribution in [2.24, 2.45) is 0 Å². The number of pyridine rings is 1. The van der Waals surface area contributed by atoms with E-state index in [0.29, 0.717) is 5.69 Å². The van der Waals surface area contributed by atoms with Crippen LogP contribution in [0.2, 0.25) is 5.15 Å². The van der Waals surface area contributed by atoms with E-state index in [1.807, 2.05) is 29.8 Å². The van der Waals surface area contributed by atoms with Crippen molar-refractivity contribution in [2.45, 2.75) is 25.8 Å². The van der Waals surface area contributed by atoms with Gasteiger partial charge < -0.3 is 4.74 Å². The van der Waals surface area contributed by atoms with Crippen molar-refractivity contribution >= 4 is 27.5 Å². The molecule has 0 radical (unpaired) electrons. The first-order chi connectivity index (χ1) is 6.88. The lowest BCUT2D eigenvalue weighted by Gasteiger charge is -2.11. The highest BCUT2D eigenvalue weighted by Crippen LogP contribution is 2.30. The first-order valence-electron chi connectivity index (χ1n) is 4.27. The molecule has 0 spiro atoms. The van der Waals surface area contributed by atoms with E-state index in [0.717, 1.165) is 0 Å². The number of aryl methyl sites for hydroxylation is 1. The number of rotatable bonds is 2. The highest BCUT2D eigenvalue weighted by atomic mass is 79.9. The summed E-state index contributed by atoms with van der Waals surface area (Å²) in [5, 5.41) is -3.51. The fraction of sp³-hybridized carbons (Fsp3) is 0.444. The van der Waals surface area contributed by atoms with Crippen molar-refractivity contribution in [1.29, 1.82) is 0 Å². The van der Waals surface area contributed by atoms with Gasteiger partial charge in [-0.3, -0.25) is 0 Å². The highest BCUT2D eigenvalue weighted by Gasteiger charge is 2.27. The molecule has 86 valence electrons. The van der Waals surface area contributed by atoms with Crippen LogP contribution in [-0.2, 0) is 0 Å². The van der Waals surface area contributed by atoms with E-state index in [1.54, 1.807) is 6.92 Å². The minimum atomic E-state index is -3.42. The summed E-state index contributed by atoms with van der Waals surface area (Å²) in [7, 11) is 0. The molecular formula is C9H11BrClF2NO. The van der Waals surface area contributed by atoms with Crippen LogP contribution in [0.1, 0.15) is 19.5 Å².